The van der Waals surface area contributed by atoms with Gasteiger partial charge in [0, 0.05) is 75.5 Å². The molecule has 3 aliphatic heterocycles. The summed E-state index contributed by atoms with van der Waals surface area (Å²) in [6.45, 7) is 8.78. The van der Waals surface area contributed by atoms with E-state index in [0.717, 1.165) is 81.9 Å². The van der Waals surface area contributed by atoms with Crippen molar-refractivity contribution in [3.8, 4) is 0 Å². The van der Waals surface area contributed by atoms with Crippen LogP contribution in [-0.4, -0.2) is 127 Å². The van der Waals surface area contributed by atoms with E-state index in [1.54, 1.807) is 20.8 Å². The van der Waals surface area contributed by atoms with Crippen LogP contribution < -0.4 is 0 Å². The van der Waals surface area contributed by atoms with Crippen molar-refractivity contribution < 1.29 is 57.4 Å². The number of carbonyl (C=O) groups excluding carboxylic acids is 9. The van der Waals surface area contributed by atoms with E-state index in [0.29, 0.717) is 78.5 Å². The number of amides is 6. The highest BCUT2D eigenvalue weighted by molar-refractivity contribution is 6.14. The quantitative estimate of drug-likeness (QED) is 0.0695. The fourth-order valence-corrected chi connectivity index (χ4v) is 5.52. The molecule has 0 aliphatic carbocycles. The van der Waals surface area contributed by atoms with Crippen molar-refractivity contribution >= 4 is 52.8 Å². The smallest absolute Gasteiger partial charge is 0.253 e. The van der Waals surface area contributed by atoms with Crippen molar-refractivity contribution in [2.45, 2.75) is 125 Å². The van der Waals surface area contributed by atoms with E-state index in [-0.39, 0.29) is 60.2 Å². The lowest BCUT2D eigenvalue weighted by Gasteiger charge is -2.13. The fraction of sp³-hybridized carbons (Fsp3) is 0.651. The van der Waals surface area contributed by atoms with Gasteiger partial charge in [0.1, 0.15) is 17.3 Å². The second-order valence-corrected chi connectivity index (χ2v) is 13.9. The minimum Gasteiger partial charge on any atom is -0.380 e. The molecule has 15 heteroatoms. The maximum absolute atomic E-state index is 11.2. The van der Waals surface area contributed by atoms with E-state index >= 15 is 0 Å². The lowest BCUT2D eigenvalue weighted by Crippen LogP contribution is -2.33. The number of carbonyl (C=O) groups is 9. The number of hydrogen-bond acceptors (Lipinski definition) is 12. The molecule has 58 heavy (non-hydrogen) atoms. The maximum Gasteiger partial charge on any atom is 0.253 e. The van der Waals surface area contributed by atoms with Gasteiger partial charge in [-0.3, -0.25) is 43.5 Å². The van der Waals surface area contributed by atoms with Crippen molar-refractivity contribution in [3.05, 3.63) is 36.5 Å². The summed E-state index contributed by atoms with van der Waals surface area (Å²) in [5.74, 6) is -0.882. The molecule has 6 amide bonds. The molecule has 0 saturated carbocycles. The first-order valence-corrected chi connectivity index (χ1v) is 20.2. The molecule has 3 heterocycles. The Labute approximate surface area is 344 Å². The van der Waals surface area contributed by atoms with Crippen LogP contribution >= 0.6 is 0 Å². The molecule has 0 aromatic carbocycles. The Bertz CT molecular complexity index is 1370. The number of ketones is 3. The lowest BCUT2D eigenvalue weighted by atomic mass is 10.1. The van der Waals surface area contributed by atoms with Crippen LogP contribution in [0.25, 0.3) is 0 Å². The fourth-order valence-electron chi connectivity index (χ4n) is 5.52. The van der Waals surface area contributed by atoms with Crippen molar-refractivity contribution in [3.63, 3.8) is 0 Å². The number of rotatable bonds is 30. The van der Waals surface area contributed by atoms with Gasteiger partial charge in [-0.25, -0.2) is 0 Å². The maximum atomic E-state index is 11.2. The van der Waals surface area contributed by atoms with Gasteiger partial charge >= 0.3 is 0 Å². The highest BCUT2D eigenvalue weighted by Gasteiger charge is 2.24. The van der Waals surface area contributed by atoms with Crippen LogP contribution in [0.15, 0.2) is 36.5 Å². The molecule has 0 spiro atoms. The van der Waals surface area contributed by atoms with Crippen LogP contribution in [0.2, 0.25) is 0 Å². The van der Waals surface area contributed by atoms with Gasteiger partial charge in [0.2, 0.25) is 0 Å². The molecule has 3 rings (SSSR count). The van der Waals surface area contributed by atoms with Gasteiger partial charge in [0.05, 0.1) is 39.5 Å². The lowest BCUT2D eigenvalue weighted by molar-refractivity contribution is -0.139. The van der Waals surface area contributed by atoms with Crippen LogP contribution in [0, 0.1) is 0 Å². The zero-order chi connectivity index (χ0) is 42.3. The molecule has 0 aromatic heterocycles. The molecule has 3 aliphatic rings. The summed E-state index contributed by atoms with van der Waals surface area (Å²) >= 11 is 0. The van der Waals surface area contributed by atoms with Crippen molar-refractivity contribution in [2.75, 3.05) is 59.3 Å². The SMILES string of the molecule is C.CC(=O)CCCCCCCOCCN1C(=O)C=CC1=O.CC(=O)CCCCCCOCCN1C(=O)C=CC1=O.CC(=O)CCCCCOCCN1C(=O)C=CC1=O. The van der Waals surface area contributed by atoms with Gasteiger partial charge in [-0.1, -0.05) is 46.0 Å². The Morgan fingerprint density at radius 2 is 0.569 bits per heavy atom. The number of imide groups is 3. The Balaban J connectivity index is 0.000000834. The van der Waals surface area contributed by atoms with Gasteiger partial charge < -0.3 is 28.6 Å². The Hall–Kier alpha value is -4.47. The number of hydrogen-bond donors (Lipinski definition) is 0. The molecule has 0 unspecified atom stereocenters. The molecular weight excluding hydrogens is 750 g/mol. The summed E-state index contributed by atoms with van der Waals surface area (Å²) in [7, 11) is 0. The Morgan fingerprint density at radius 1 is 0.362 bits per heavy atom. The van der Waals surface area contributed by atoms with Crippen LogP contribution in [0.4, 0.5) is 0 Å². The van der Waals surface area contributed by atoms with E-state index in [2.05, 4.69) is 0 Å². The molecular formula is C43H67N3O12. The summed E-state index contributed by atoms with van der Waals surface area (Å²) in [5, 5.41) is 0. The van der Waals surface area contributed by atoms with Gasteiger partial charge in [-0.05, 0) is 59.3 Å². The first-order valence-electron chi connectivity index (χ1n) is 20.2. The predicted molar refractivity (Wildman–Crippen MR) is 218 cm³/mol. The molecule has 326 valence electrons. The largest absolute Gasteiger partial charge is 0.380 e. The third-order valence-electron chi connectivity index (χ3n) is 8.78. The van der Waals surface area contributed by atoms with Crippen LogP contribution in [0.5, 0.6) is 0 Å². The van der Waals surface area contributed by atoms with Crippen LogP contribution in [-0.2, 0) is 57.4 Å². The average molecular weight is 818 g/mol. The average Bonchev–Trinajstić information content (AvgIpc) is 3.79. The van der Waals surface area contributed by atoms with Gasteiger partial charge in [0.15, 0.2) is 0 Å². The molecule has 0 saturated heterocycles. The van der Waals surface area contributed by atoms with Crippen LogP contribution in [0.3, 0.4) is 0 Å². The number of ether oxygens (including phenoxy) is 3. The summed E-state index contributed by atoms with van der Waals surface area (Å²) in [4.78, 5) is 103. The van der Waals surface area contributed by atoms with E-state index in [1.165, 1.54) is 46.3 Å². The minimum absolute atomic E-state index is 0. The molecule has 0 aromatic rings. The molecule has 0 fully saturated rings. The van der Waals surface area contributed by atoms with Gasteiger partial charge in [0.25, 0.3) is 35.4 Å². The van der Waals surface area contributed by atoms with Gasteiger partial charge in [-0.15, -0.1) is 0 Å². The van der Waals surface area contributed by atoms with Crippen LogP contribution in [0.1, 0.15) is 125 Å². The Morgan fingerprint density at radius 3 is 0.810 bits per heavy atom. The van der Waals surface area contributed by atoms with Crippen molar-refractivity contribution in [1.29, 1.82) is 0 Å². The monoisotopic (exact) mass is 817 g/mol. The predicted octanol–water partition coefficient (Wildman–Crippen LogP) is 5.04. The topological polar surface area (TPSA) is 191 Å². The Kier molecular flexibility index (Phi) is 30.9. The van der Waals surface area contributed by atoms with E-state index < -0.39 is 0 Å². The second kappa shape index (κ2) is 33.5. The third-order valence-corrected chi connectivity index (χ3v) is 8.78. The first-order chi connectivity index (χ1) is 27.3. The second-order valence-electron chi connectivity index (χ2n) is 13.9. The third kappa shape index (κ3) is 26.4. The molecule has 0 N–H and O–H groups in total. The summed E-state index contributed by atoms with van der Waals surface area (Å²) < 4.78 is 16.1. The number of unbranched alkanes of at least 4 members (excludes halogenated alkanes) is 9. The highest BCUT2D eigenvalue weighted by Crippen LogP contribution is 2.08. The summed E-state index contributed by atoms with van der Waals surface area (Å²) in [5.41, 5.74) is 0. The standard InChI is InChI=1S/C15H23NO4.C14H21NO4.C13H19NO4.CH4/c1-13(17)7-5-3-2-4-6-11-20-12-10-16-14(18)8-9-15(16)19;1-12(16)6-4-2-3-5-10-19-11-9-15-13(17)7-8-14(15)18;1-11(15)5-3-2-4-9-18-10-8-14-12(16)6-7-13(14)17;/h8-9H,2-7,10-12H2,1H3;7-8H,2-6,9-11H2,1H3;6-7H,2-5,8-10H2,1H3;1H4. The first kappa shape index (κ1) is 53.5. The molecule has 0 radical (unpaired) electrons. The number of nitrogens with zero attached hydrogens (tertiary/aromatic N) is 3. The number of Topliss-reactive ketones (excluding diaryl/α,β-unsaturated/α-hetero) is 3. The molecule has 0 atom stereocenters. The molecule has 0 bridgehead atoms. The summed E-state index contributed by atoms with van der Waals surface area (Å²) in [6.07, 6.45) is 21.6. The summed E-state index contributed by atoms with van der Waals surface area (Å²) in [6, 6.07) is 0. The zero-order valence-corrected chi connectivity index (χ0v) is 34.2. The minimum atomic E-state index is -0.273. The van der Waals surface area contributed by atoms with E-state index in [4.69, 9.17) is 14.2 Å². The molecule has 15 nitrogen and oxygen atoms in total. The van der Waals surface area contributed by atoms with Crippen molar-refractivity contribution in [2.24, 2.45) is 0 Å². The van der Waals surface area contributed by atoms with E-state index in [1.807, 2.05) is 0 Å². The highest BCUT2D eigenvalue weighted by atomic mass is 16.5. The van der Waals surface area contributed by atoms with Crippen molar-refractivity contribution in [1.82, 2.24) is 14.7 Å². The van der Waals surface area contributed by atoms with Gasteiger partial charge in [-0.2, -0.15) is 0 Å². The normalized spacial score (nSPS) is 14.2. The van der Waals surface area contributed by atoms with E-state index in [9.17, 15) is 43.2 Å². The zero-order valence-electron chi connectivity index (χ0n) is 34.2.